The van der Waals surface area contributed by atoms with Gasteiger partial charge in [-0.2, -0.15) is 0 Å². The summed E-state index contributed by atoms with van der Waals surface area (Å²) in [5, 5.41) is 0.532. The molecule has 0 bridgehead atoms. The minimum absolute atomic E-state index is 0. The number of carbonyl (C=O) groups is 1. The molecule has 0 aromatic heterocycles. The summed E-state index contributed by atoms with van der Waals surface area (Å²) in [6.07, 6.45) is 0.929. The zero-order valence-corrected chi connectivity index (χ0v) is 13.3. The van der Waals surface area contributed by atoms with E-state index in [1.165, 1.54) is 0 Å². The molecule has 1 heterocycles. The zero-order valence-electron chi connectivity index (χ0n) is 11.7. The number of hydrogen-bond acceptors (Lipinski definition) is 3. The van der Waals surface area contributed by atoms with Crippen molar-refractivity contribution >= 4 is 29.9 Å². The Morgan fingerprint density at radius 2 is 2.25 bits per heavy atom. The van der Waals surface area contributed by atoms with Crippen molar-refractivity contribution in [3.8, 4) is 5.75 Å². The second-order valence-electron chi connectivity index (χ2n) is 5.34. The monoisotopic (exact) mass is 318 g/mol. The van der Waals surface area contributed by atoms with Gasteiger partial charge in [-0.1, -0.05) is 18.5 Å². The van der Waals surface area contributed by atoms with Crippen LogP contribution in [0.5, 0.6) is 5.75 Å². The zero-order chi connectivity index (χ0) is 14.0. The molecule has 1 saturated heterocycles. The summed E-state index contributed by atoms with van der Waals surface area (Å²) < 4.78 is 5.23. The van der Waals surface area contributed by atoms with Crippen molar-refractivity contribution in [1.82, 2.24) is 4.90 Å². The highest BCUT2D eigenvalue weighted by Crippen LogP contribution is 2.31. The number of nitrogens with two attached hydrogens (primary N) is 1. The van der Waals surface area contributed by atoms with Gasteiger partial charge in [0.25, 0.3) is 5.91 Å². The predicted octanol–water partition coefficient (Wildman–Crippen LogP) is 2.58. The average Bonchev–Trinajstić information content (AvgIpc) is 2.81. The van der Waals surface area contributed by atoms with Gasteiger partial charge in [-0.25, -0.2) is 0 Å². The smallest absolute Gasteiger partial charge is 0.257 e. The summed E-state index contributed by atoms with van der Waals surface area (Å²) in [4.78, 5) is 14.3. The third-order valence-corrected chi connectivity index (χ3v) is 3.96. The van der Waals surface area contributed by atoms with Gasteiger partial charge in [0.2, 0.25) is 0 Å². The molecule has 4 nitrogen and oxygen atoms in total. The molecular formula is C14H20Cl2N2O2. The summed E-state index contributed by atoms with van der Waals surface area (Å²) >= 11 is 5.96. The third-order valence-electron chi connectivity index (χ3n) is 3.73. The molecule has 1 aliphatic heterocycles. The quantitative estimate of drug-likeness (QED) is 0.932. The second-order valence-corrected chi connectivity index (χ2v) is 5.77. The van der Waals surface area contributed by atoms with Crippen molar-refractivity contribution in [3.63, 3.8) is 0 Å². The van der Waals surface area contributed by atoms with Crippen LogP contribution in [0.2, 0.25) is 5.02 Å². The van der Waals surface area contributed by atoms with E-state index in [4.69, 9.17) is 22.1 Å². The standard InChI is InChI=1S/C14H19ClN2O2.ClH/c1-14(8-16)5-6-17(9-14)13(18)11-7-10(15)3-4-12(11)19-2;/h3-4,7H,5-6,8-9,16H2,1-2H3;1H. The molecule has 1 amide bonds. The molecule has 1 aromatic carbocycles. The molecule has 0 spiro atoms. The Bertz CT molecular complexity index is 496. The van der Waals surface area contributed by atoms with E-state index in [1.807, 2.05) is 4.90 Å². The molecule has 2 N–H and O–H groups in total. The minimum Gasteiger partial charge on any atom is -0.496 e. The van der Waals surface area contributed by atoms with E-state index in [0.29, 0.717) is 29.4 Å². The Labute approximate surface area is 130 Å². The Morgan fingerprint density at radius 3 is 2.80 bits per heavy atom. The normalized spacial score (nSPS) is 21.5. The molecule has 1 aliphatic rings. The van der Waals surface area contributed by atoms with Gasteiger partial charge in [0.05, 0.1) is 12.7 Å². The van der Waals surface area contributed by atoms with E-state index in [1.54, 1.807) is 25.3 Å². The van der Waals surface area contributed by atoms with Crippen LogP contribution in [0.25, 0.3) is 0 Å². The lowest BCUT2D eigenvalue weighted by Crippen LogP contribution is -2.34. The number of ether oxygens (including phenoxy) is 1. The Hall–Kier alpha value is -0.970. The number of likely N-dealkylation sites (tertiary alicyclic amines) is 1. The van der Waals surface area contributed by atoms with Crippen LogP contribution in [0.4, 0.5) is 0 Å². The summed E-state index contributed by atoms with van der Waals surface area (Å²) in [5.41, 5.74) is 6.29. The third kappa shape index (κ3) is 3.37. The minimum atomic E-state index is -0.0449. The van der Waals surface area contributed by atoms with E-state index in [2.05, 4.69) is 6.92 Å². The van der Waals surface area contributed by atoms with E-state index < -0.39 is 0 Å². The van der Waals surface area contributed by atoms with Crippen LogP contribution in [0.15, 0.2) is 18.2 Å². The van der Waals surface area contributed by atoms with Crippen LogP contribution in [-0.2, 0) is 0 Å². The maximum atomic E-state index is 12.5. The van der Waals surface area contributed by atoms with E-state index in [9.17, 15) is 4.79 Å². The molecule has 112 valence electrons. The summed E-state index contributed by atoms with van der Waals surface area (Å²) in [6, 6.07) is 5.08. The Kier molecular flexibility index (Phi) is 5.68. The fourth-order valence-corrected chi connectivity index (χ4v) is 2.55. The van der Waals surface area contributed by atoms with Gasteiger partial charge in [-0.15, -0.1) is 12.4 Å². The first-order valence-corrected chi connectivity index (χ1v) is 6.70. The first-order valence-electron chi connectivity index (χ1n) is 6.32. The van der Waals surface area contributed by atoms with Crippen LogP contribution in [-0.4, -0.2) is 37.6 Å². The largest absolute Gasteiger partial charge is 0.496 e. The average molecular weight is 319 g/mol. The summed E-state index contributed by atoms with van der Waals surface area (Å²) in [6.45, 7) is 4.10. The van der Waals surface area contributed by atoms with Gasteiger partial charge in [0.15, 0.2) is 0 Å². The summed E-state index contributed by atoms with van der Waals surface area (Å²) in [7, 11) is 1.55. The van der Waals surface area contributed by atoms with Crippen LogP contribution < -0.4 is 10.5 Å². The van der Waals surface area contributed by atoms with Gasteiger partial charge >= 0.3 is 0 Å². The molecule has 0 radical (unpaired) electrons. The van der Waals surface area contributed by atoms with Crippen molar-refractivity contribution in [1.29, 1.82) is 0 Å². The van der Waals surface area contributed by atoms with Crippen LogP contribution >= 0.6 is 24.0 Å². The van der Waals surface area contributed by atoms with Crippen molar-refractivity contribution in [2.45, 2.75) is 13.3 Å². The molecule has 1 fully saturated rings. The van der Waals surface area contributed by atoms with Crippen LogP contribution in [0.1, 0.15) is 23.7 Å². The van der Waals surface area contributed by atoms with Gasteiger partial charge in [0, 0.05) is 18.1 Å². The highest BCUT2D eigenvalue weighted by molar-refractivity contribution is 6.31. The number of nitrogens with zero attached hydrogens (tertiary/aromatic N) is 1. The maximum Gasteiger partial charge on any atom is 0.257 e. The summed E-state index contributed by atoms with van der Waals surface area (Å²) in [5.74, 6) is 0.507. The van der Waals surface area contributed by atoms with E-state index in [0.717, 1.165) is 13.0 Å². The van der Waals surface area contributed by atoms with Crippen molar-refractivity contribution in [2.24, 2.45) is 11.1 Å². The predicted molar refractivity (Wildman–Crippen MR) is 82.9 cm³/mol. The van der Waals surface area contributed by atoms with E-state index in [-0.39, 0.29) is 23.7 Å². The molecular weight excluding hydrogens is 299 g/mol. The molecule has 1 aromatic rings. The number of amides is 1. The van der Waals surface area contributed by atoms with Gasteiger partial charge in [0.1, 0.15) is 5.75 Å². The molecule has 0 saturated carbocycles. The van der Waals surface area contributed by atoms with Gasteiger partial charge in [-0.3, -0.25) is 4.79 Å². The number of rotatable bonds is 3. The molecule has 20 heavy (non-hydrogen) atoms. The van der Waals surface area contributed by atoms with Crippen molar-refractivity contribution < 1.29 is 9.53 Å². The van der Waals surface area contributed by atoms with Gasteiger partial charge in [-0.05, 0) is 36.6 Å². The van der Waals surface area contributed by atoms with Crippen LogP contribution in [0, 0.1) is 5.41 Å². The number of benzene rings is 1. The fourth-order valence-electron chi connectivity index (χ4n) is 2.38. The van der Waals surface area contributed by atoms with Gasteiger partial charge < -0.3 is 15.4 Å². The number of carbonyl (C=O) groups excluding carboxylic acids is 1. The molecule has 1 unspecified atom stereocenters. The van der Waals surface area contributed by atoms with Crippen molar-refractivity contribution in [3.05, 3.63) is 28.8 Å². The molecule has 2 rings (SSSR count). The first-order chi connectivity index (χ1) is 8.99. The van der Waals surface area contributed by atoms with Crippen LogP contribution in [0.3, 0.4) is 0 Å². The first kappa shape index (κ1) is 17.1. The highest BCUT2D eigenvalue weighted by atomic mass is 35.5. The Morgan fingerprint density at radius 1 is 1.55 bits per heavy atom. The fraction of sp³-hybridized carbons (Fsp3) is 0.500. The lowest BCUT2D eigenvalue weighted by molar-refractivity contribution is 0.0773. The number of halogens is 2. The number of methoxy groups -OCH3 is 1. The van der Waals surface area contributed by atoms with Crippen molar-refractivity contribution in [2.75, 3.05) is 26.7 Å². The SMILES string of the molecule is COc1ccc(Cl)cc1C(=O)N1CCC(C)(CN)C1.Cl. The molecule has 1 atom stereocenters. The lowest BCUT2D eigenvalue weighted by atomic mass is 9.90. The maximum absolute atomic E-state index is 12.5. The molecule has 6 heteroatoms. The topological polar surface area (TPSA) is 55.6 Å². The van der Waals surface area contributed by atoms with E-state index >= 15 is 0 Å². The molecule has 0 aliphatic carbocycles. The highest BCUT2D eigenvalue weighted by Gasteiger charge is 2.35. The lowest BCUT2D eigenvalue weighted by Gasteiger charge is -2.23. The number of hydrogen-bond donors (Lipinski definition) is 1. The second kappa shape index (κ2) is 6.66. The Balaban J connectivity index is 0.00000200.